The van der Waals surface area contributed by atoms with Crippen LogP contribution in [-0.2, 0) is 25.1 Å². The summed E-state index contributed by atoms with van der Waals surface area (Å²) in [5.41, 5.74) is 0. The molecule has 1 fully saturated rings. The smallest absolute Gasteiger partial charge is 0.396 e. The Morgan fingerprint density at radius 1 is 1.40 bits per heavy atom. The Balaban J connectivity index is 2.32. The summed E-state index contributed by atoms with van der Waals surface area (Å²) >= 11 is 0. The van der Waals surface area contributed by atoms with Gasteiger partial charge in [-0.25, -0.2) is 4.79 Å². The fraction of sp³-hybridized carbons (Fsp3) is 0.778. The van der Waals surface area contributed by atoms with Gasteiger partial charge < -0.3 is 10.1 Å². The van der Waals surface area contributed by atoms with Crippen molar-refractivity contribution in [2.24, 2.45) is 0 Å². The van der Waals surface area contributed by atoms with Crippen LogP contribution in [0.2, 0.25) is 0 Å². The molecule has 0 atom stereocenters. The zero-order chi connectivity index (χ0) is 11.3. The van der Waals surface area contributed by atoms with Crippen molar-refractivity contribution >= 4 is 22.7 Å². The number of carbonyl (C=O) groups excluding carboxylic acids is 2. The first kappa shape index (κ1) is 12.2. The molecule has 0 aromatic carbocycles. The quantitative estimate of drug-likeness (QED) is 0.519. The van der Waals surface area contributed by atoms with Gasteiger partial charge in [0.15, 0.2) is 0 Å². The molecule has 1 aliphatic heterocycles. The molecule has 0 unspecified atom stereocenters. The Hall–Kier alpha value is -0.910. The van der Waals surface area contributed by atoms with Gasteiger partial charge in [0.1, 0.15) is 0 Å². The summed E-state index contributed by atoms with van der Waals surface area (Å²) < 4.78 is 15.6. The van der Waals surface area contributed by atoms with E-state index in [9.17, 15) is 13.8 Å². The molecule has 0 radical (unpaired) electrons. The summed E-state index contributed by atoms with van der Waals surface area (Å²) in [4.78, 5) is 22.2. The van der Waals surface area contributed by atoms with E-state index in [0.717, 1.165) is 0 Å². The van der Waals surface area contributed by atoms with Crippen molar-refractivity contribution in [2.75, 3.05) is 18.1 Å². The number of carbonyl (C=O) groups is 2. The van der Waals surface area contributed by atoms with E-state index in [4.69, 9.17) is 0 Å². The van der Waals surface area contributed by atoms with E-state index < -0.39 is 22.7 Å². The number of esters is 1. The maximum Gasteiger partial charge on any atom is 0.396 e. The van der Waals surface area contributed by atoms with Gasteiger partial charge in [-0.2, -0.15) is 0 Å². The lowest BCUT2D eigenvalue weighted by molar-refractivity contribution is -0.154. The second kappa shape index (κ2) is 5.85. The summed E-state index contributed by atoms with van der Waals surface area (Å²) in [6, 6.07) is -0.0420. The SMILES string of the molecule is CCOC(=O)C(=O)NC1CCS(=O)CC1. The third-order valence-electron chi connectivity index (χ3n) is 2.18. The average molecular weight is 233 g/mol. The molecule has 6 heteroatoms. The predicted molar refractivity (Wildman–Crippen MR) is 55.7 cm³/mol. The van der Waals surface area contributed by atoms with Gasteiger partial charge in [0.25, 0.3) is 0 Å². The molecule has 0 aromatic heterocycles. The molecule has 0 aromatic rings. The second-order valence-corrected chi connectivity index (χ2v) is 5.01. The molecule has 0 saturated carbocycles. The lowest BCUT2D eigenvalue weighted by Gasteiger charge is -2.21. The number of hydrogen-bond donors (Lipinski definition) is 1. The fourth-order valence-corrected chi connectivity index (χ4v) is 2.68. The lowest BCUT2D eigenvalue weighted by atomic mass is 10.1. The monoisotopic (exact) mass is 233 g/mol. The minimum absolute atomic E-state index is 0.0420. The zero-order valence-corrected chi connectivity index (χ0v) is 9.47. The average Bonchev–Trinajstić information content (AvgIpc) is 2.22. The molecule has 1 aliphatic rings. The molecule has 1 amide bonds. The van der Waals surface area contributed by atoms with Gasteiger partial charge in [0, 0.05) is 28.3 Å². The van der Waals surface area contributed by atoms with E-state index in [1.807, 2.05) is 0 Å². The number of amides is 1. The summed E-state index contributed by atoms with van der Waals surface area (Å²) in [6.45, 7) is 1.84. The van der Waals surface area contributed by atoms with Gasteiger partial charge in [-0.1, -0.05) is 0 Å². The maximum atomic E-state index is 11.2. The maximum absolute atomic E-state index is 11.2. The van der Waals surface area contributed by atoms with Gasteiger partial charge in [-0.3, -0.25) is 9.00 Å². The first-order valence-electron chi connectivity index (χ1n) is 4.96. The minimum atomic E-state index is -0.843. The molecule has 1 N–H and O–H groups in total. The largest absolute Gasteiger partial charge is 0.459 e. The number of rotatable bonds is 2. The van der Waals surface area contributed by atoms with Crippen LogP contribution in [0.25, 0.3) is 0 Å². The van der Waals surface area contributed by atoms with E-state index in [2.05, 4.69) is 10.1 Å². The highest BCUT2D eigenvalue weighted by Gasteiger charge is 2.23. The molecule has 15 heavy (non-hydrogen) atoms. The molecular weight excluding hydrogens is 218 g/mol. The standard InChI is InChI=1S/C9H15NO4S/c1-2-14-9(12)8(11)10-7-3-5-15(13)6-4-7/h7H,2-6H2,1H3,(H,10,11). The molecule has 1 rings (SSSR count). The van der Waals surface area contributed by atoms with Crippen LogP contribution in [0.5, 0.6) is 0 Å². The van der Waals surface area contributed by atoms with Gasteiger partial charge in [0.2, 0.25) is 0 Å². The fourth-order valence-electron chi connectivity index (χ4n) is 1.38. The van der Waals surface area contributed by atoms with Gasteiger partial charge in [0.05, 0.1) is 6.61 Å². The summed E-state index contributed by atoms with van der Waals surface area (Å²) in [5.74, 6) is -0.361. The van der Waals surface area contributed by atoms with Gasteiger partial charge in [-0.05, 0) is 19.8 Å². The van der Waals surface area contributed by atoms with E-state index >= 15 is 0 Å². The second-order valence-electron chi connectivity index (χ2n) is 3.32. The molecule has 1 heterocycles. The molecule has 0 aliphatic carbocycles. The van der Waals surface area contributed by atoms with Crippen molar-refractivity contribution in [3.8, 4) is 0 Å². The normalized spacial score (nSPS) is 25.7. The number of hydrogen-bond acceptors (Lipinski definition) is 4. The summed E-state index contributed by atoms with van der Waals surface area (Å²) in [5, 5.41) is 2.58. The van der Waals surface area contributed by atoms with E-state index in [0.29, 0.717) is 24.3 Å². The highest BCUT2D eigenvalue weighted by Crippen LogP contribution is 2.08. The van der Waals surface area contributed by atoms with Crippen LogP contribution in [-0.4, -0.2) is 40.2 Å². The molecule has 5 nitrogen and oxygen atoms in total. The van der Waals surface area contributed by atoms with Crippen molar-refractivity contribution < 1.29 is 18.5 Å². The predicted octanol–water partition coefficient (Wildman–Crippen LogP) is -0.423. The number of nitrogens with one attached hydrogen (secondary N) is 1. The van der Waals surface area contributed by atoms with Crippen LogP contribution in [0.4, 0.5) is 0 Å². The minimum Gasteiger partial charge on any atom is -0.459 e. The Morgan fingerprint density at radius 3 is 2.53 bits per heavy atom. The Bertz CT molecular complexity index is 269. The Labute approximate surface area is 91.0 Å². The topological polar surface area (TPSA) is 72.5 Å². The van der Waals surface area contributed by atoms with Crippen molar-refractivity contribution in [3.63, 3.8) is 0 Å². The molecule has 0 spiro atoms. The third-order valence-corrected chi connectivity index (χ3v) is 3.57. The first-order chi connectivity index (χ1) is 7.13. The molecule has 86 valence electrons. The van der Waals surface area contributed by atoms with E-state index in [-0.39, 0.29) is 12.6 Å². The molecule has 0 bridgehead atoms. The summed E-state index contributed by atoms with van der Waals surface area (Å²) in [7, 11) is -0.757. The van der Waals surface area contributed by atoms with E-state index in [1.54, 1.807) is 6.92 Å². The summed E-state index contributed by atoms with van der Waals surface area (Å²) in [6.07, 6.45) is 1.33. The highest BCUT2D eigenvalue weighted by atomic mass is 32.2. The van der Waals surface area contributed by atoms with Crippen LogP contribution < -0.4 is 5.32 Å². The lowest BCUT2D eigenvalue weighted by Crippen LogP contribution is -2.43. The number of ether oxygens (including phenoxy) is 1. The van der Waals surface area contributed by atoms with Crippen molar-refractivity contribution in [1.29, 1.82) is 0 Å². The Kier molecular flexibility index (Phi) is 4.74. The van der Waals surface area contributed by atoms with Crippen LogP contribution >= 0.6 is 0 Å². The van der Waals surface area contributed by atoms with Gasteiger partial charge >= 0.3 is 11.9 Å². The van der Waals surface area contributed by atoms with Gasteiger partial charge in [-0.15, -0.1) is 0 Å². The van der Waals surface area contributed by atoms with Crippen LogP contribution in [0.15, 0.2) is 0 Å². The first-order valence-corrected chi connectivity index (χ1v) is 6.45. The van der Waals surface area contributed by atoms with Crippen molar-refractivity contribution in [3.05, 3.63) is 0 Å². The third kappa shape index (κ3) is 3.99. The zero-order valence-electron chi connectivity index (χ0n) is 8.65. The molecule has 1 saturated heterocycles. The van der Waals surface area contributed by atoms with Crippen LogP contribution in [0.3, 0.4) is 0 Å². The van der Waals surface area contributed by atoms with Crippen molar-refractivity contribution in [1.82, 2.24) is 5.32 Å². The molecular formula is C9H15NO4S. The van der Waals surface area contributed by atoms with Crippen LogP contribution in [0, 0.1) is 0 Å². The van der Waals surface area contributed by atoms with E-state index in [1.165, 1.54) is 0 Å². The van der Waals surface area contributed by atoms with Crippen molar-refractivity contribution in [2.45, 2.75) is 25.8 Å². The van der Waals surface area contributed by atoms with Crippen LogP contribution in [0.1, 0.15) is 19.8 Å². The Morgan fingerprint density at radius 2 is 2.00 bits per heavy atom. The highest BCUT2D eigenvalue weighted by molar-refractivity contribution is 7.85.